The topological polar surface area (TPSA) is 93.4 Å². The quantitative estimate of drug-likeness (QED) is 0.863. The zero-order valence-electron chi connectivity index (χ0n) is 15.7. The van der Waals surface area contributed by atoms with Gasteiger partial charge in [0.15, 0.2) is 0 Å². The fourth-order valence-corrected chi connectivity index (χ4v) is 3.43. The molecule has 1 aliphatic carbocycles. The van der Waals surface area contributed by atoms with Crippen LogP contribution in [0.5, 0.6) is 0 Å². The van der Waals surface area contributed by atoms with Crippen molar-refractivity contribution in [3.8, 4) is 11.3 Å². The summed E-state index contributed by atoms with van der Waals surface area (Å²) in [5.74, 6) is 1.02. The number of carbonyl (C=O) groups is 1. The summed E-state index contributed by atoms with van der Waals surface area (Å²) in [4.78, 5) is 23.2. The maximum Gasteiger partial charge on any atom is 0.254 e. The second-order valence-corrected chi connectivity index (χ2v) is 7.46. The zero-order chi connectivity index (χ0) is 19.0. The van der Waals surface area contributed by atoms with Crippen LogP contribution < -0.4 is 11.1 Å². The normalized spacial score (nSPS) is 22.5. The molecule has 7 heteroatoms. The number of carbonyl (C=O) groups excluding carboxylic acids is 1. The highest BCUT2D eigenvalue weighted by Gasteiger charge is 2.26. The molecule has 1 saturated heterocycles. The van der Waals surface area contributed by atoms with E-state index in [9.17, 15) is 4.79 Å². The van der Waals surface area contributed by atoms with Gasteiger partial charge in [0, 0.05) is 36.3 Å². The van der Waals surface area contributed by atoms with E-state index in [1.165, 1.54) is 0 Å². The van der Waals surface area contributed by atoms with Crippen LogP contribution in [0.2, 0.25) is 0 Å². The van der Waals surface area contributed by atoms with Crippen molar-refractivity contribution in [1.82, 2.24) is 14.9 Å². The molecule has 2 aromatic rings. The average Bonchev–Trinajstić information content (AvgIpc) is 3.44. The van der Waals surface area contributed by atoms with Crippen molar-refractivity contribution in [2.75, 3.05) is 24.1 Å². The van der Waals surface area contributed by atoms with E-state index in [0.29, 0.717) is 24.7 Å². The summed E-state index contributed by atoms with van der Waals surface area (Å²) in [5.41, 5.74) is 8.18. The van der Waals surface area contributed by atoms with Crippen LogP contribution in [0.15, 0.2) is 30.3 Å². The lowest BCUT2D eigenvalue weighted by Gasteiger charge is -2.35. The Bertz CT molecular complexity index is 825. The first kappa shape index (κ1) is 17.7. The molecule has 0 unspecified atom stereocenters. The maximum atomic E-state index is 12.8. The molecule has 2 fully saturated rings. The smallest absolute Gasteiger partial charge is 0.254 e. The van der Waals surface area contributed by atoms with Crippen molar-refractivity contribution in [2.24, 2.45) is 0 Å². The largest absolute Gasteiger partial charge is 0.372 e. The number of ether oxygens (including phenoxy) is 1. The van der Waals surface area contributed by atoms with Gasteiger partial charge in [-0.2, -0.15) is 4.98 Å². The van der Waals surface area contributed by atoms with E-state index in [1.54, 1.807) is 0 Å². The average molecular weight is 367 g/mol. The van der Waals surface area contributed by atoms with Crippen LogP contribution in [0, 0.1) is 0 Å². The Balaban J connectivity index is 1.52. The first-order chi connectivity index (χ1) is 13.0. The van der Waals surface area contributed by atoms with E-state index < -0.39 is 0 Å². The Morgan fingerprint density at radius 2 is 1.81 bits per heavy atom. The number of nitrogens with zero attached hydrogens (tertiary/aromatic N) is 3. The van der Waals surface area contributed by atoms with Gasteiger partial charge in [-0.15, -0.1) is 0 Å². The molecule has 7 nitrogen and oxygen atoms in total. The van der Waals surface area contributed by atoms with Gasteiger partial charge in [-0.3, -0.25) is 4.79 Å². The standard InChI is InChI=1S/C20H25N5O2/c1-12-10-25(11-13(2)27-12)19(26)15-5-3-14(4-6-15)17-9-18(22-16-7-8-16)24-20(21)23-17/h3-6,9,12-13,16H,7-8,10-11H2,1-2H3,(H3,21,22,23,24)/t12-,13+. The molecule has 2 aliphatic rings. The summed E-state index contributed by atoms with van der Waals surface area (Å²) in [6.07, 6.45) is 2.43. The Hall–Kier alpha value is -2.67. The Morgan fingerprint density at radius 3 is 2.44 bits per heavy atom. The van der Waals surface area contributed by atoms with Gasteiger partial charge in [-0.05, 0) is 38.8 Å². The predicted molar refractivity (Wildman–Crippen MR) is 104 cm³/mol. The SMILES string of the molecule is C[C@@H]1CN(C(=O)c2ccc(-c3cc(NC4CC4)nc(N)n3)cc2)C[C@H](C)O1. The minimum Gasteiger partial charge on any atom is -0.372 e. The minimum absolute atomic E-state index is 0.0295. The molecule has 0 bridgehead atoms. The number of hydrogen-bond acceptors (Lipinski definition) is 6. The van der Waals surface area contributed by atoms with E-state index in [4.69, 9.17) is 10.5 Å². The van der Waals surface area contributed by atoms with Gasteiger partial charge in [0.25, 0.3) is 5.91 Å². The van der Waals surface area contributed by atoms with Crippen LogP contribution in [0.3, 0.4) is 0 Å². The summed E-state index contributed by atoms with van der Waals surface area (Å²) in [6.45, 7) is 5.21. The van der Waals surface area contributed by atoms with Crippen LogP contribution in [0.25, 0.3) is 11.3 Å². The highest BCUT2D eigenvalue weighted by molar-refractivity contribution is 5.94. The molecule has 1 aromatic carbocycles. The molecule has 3 N–H and O–H groups in total. The number of morpholine rings is 1. The molecular formula is C20H25N5O2. The molecule has 0 spiro atoms. The van der Waals surface area contributed by atoms with Crippen molar-refractivity contribution < 1.29 is 9.53 Å². The first-order valence-corrected chi connectivity index (χ1v) is 9.44. The van der Waals surface area contributed by atoms with Crippen molar-refractivity contribution in [2.45, 2.75) is 44.9 Å². The van der Waals surface area contributed by atoms with Gasteiger partial charge in [0.1, 0.15) is 5.82 Å². The second-order valence-electron chi connectivity index (χ2n) is 7.46. The number of aromatic nitrogens is 2. The fraction of sp³-hybridized carbons (Fsp3) is 0.450. The Labute approximate surface area is 158 Å². The molecule has 2 heterocycles. The molecule has 1 amide bonds. The van der Waals surface area contributed by atoms with Crippen molar-refractivity contribution in [3.63, 3.8) is 0 Å². The number of nitrogen functional groups attached to an aromatic ring is 1. The van der Waals surface area contributed by atoms with Crippen molar-refractivity contribution in [3.05, 3.63) is 35.9 Å². The lowest BCUT2D eigenvalue weighted by atomic mass is 10.1. The monoisotopic (exact) mass is 367 g/mol. The summed E-state index contributed by atoms with van der Waals surface area (Å²) >= 11 is 0. The van der Waals surface area contributed by atoms with Gasteiger partial charge >= 0.3 is 0 Å². The van der Waals surface area contributed by atoms with E-state index in [1.807, 2.05) is 49.1 Å². The van der Waals surface area contributed by atoms with Gasteiger partial charge in [0.05, 0.1) is 17.9 Å². The number of nitrogens with one attached hydrogen (secondary N) is 1. The van der Waals surface area contributed by atoms with Crippen LogP contribution in [-0.4, -0.2) is 52.1 Å². The van der Waals surface area contributed by atoms with E-state index in [2.05, 4.69) is 15.3 Å². The molecule has 0 radical (unpaired) electrons. The number of benzene rings is 1. The number of rotatable bonds is 4. The first-order valence-electron chi connectivity index (χ1n) is 9.44. The third-order valence-corrected chi connectivity index (χ3v) is 4.81. The molecule has 142 valence electrons. The predicted octanol–water partition coefficient (Wildman–Crippen LogP) is 2.55. The molecular weight excluding hydrogens is 342 g/mol. The highest BCUT2D eigenvalue weighted by atomic mass is 16.5. The van der Waals surface area contributed by atoms with Crippen LogP contribution in [-0.2, 0) is 4.74 Å². The van der Waals surface area contributed by atoms with Gasteiger partial charge in [-0.1, -0.05) is 12.1 Å². The fourth-order valence-electron chi connectivity index (χ4n) is 3.43. The van der Waals surface area contributed by atoms with Gasteiger partial charge in [0.2, 0.25) is 5.95 Å². The lowest BCUT2D eigenvalue weighted by Crippen LogP contribution is -2.48. The third-order valence-electron chi connectivity index (χ3n) is 4.81. The van der Waals surface area contributed by atoms with Gasteiger partial charge < -0.3 is 20.7 Å². The molecule has 27 heavy (non-hydrogen) atoms. The van der Waals surface area contributed by atoms with E-state index in [-0.39, 0.29) is 24.1 Å². The zero-order valence-corrected chi connectivity index (χ0v) is 15.7. The number of hydrogen-bond donors (Lipinski definition) is 2. The minimum atomic E-state index is 0.0295. The Morgan fingerprint density at radius 1 is 1.15 bits per heavy atom. The number of anilines is 2. The second kappa shape index (κ2) is 7.15. The number of nitrogens with two attached hydrogens (primary N) is 1. The maximum absolute atomic E-state index is 12.8. The molecule has 1 aromatic heterocycles. The third kappa shape index (κ3) is 4.19. The highest BCUT2D eigenvalue weighted by Crippen LogP contribution is 2.27. The molecule has 1 saturated carbocycles. The van der Waals surface area contributed by atoms with Crippen LogP contribution in [0.4, 0.5) is 11.8 Å². The van der Waals surface area contributed by atoms with Crippen LogP contribution in [0.1, 0.15) is 37.0 Å². The van der Waals surface area contributed by atoms with Crippen molar-refractivity contribution >= 4 is 17.7 Å². The summed E-state index contributed by atoms with van der Waals surface area (Å²) < 4.78 is 5.71. The Kier molecular flexibility index (Phi) is 4.70. The van der Waals surface area contributed by atoms with E-state index in [0.717, 1.165) is 29.9 Å². The molecule has 2 atom stereocenters. The lowest BCUT2D eigenvalue weighted by molar-refractivity contribution is -0.0586. The molecule has 1 aliphatic heterocycles. The van der Waals surface area contributed by atoms with Gasteiger partial charge in [-0.25, -0.2) is 4.98 Å². The summed E-state index contributed by atoms with van der Waals surface area (Å²) in [7, 11) is 0. The van der Waals surface area contributed by atoms with Crippen molar-refractivity contribution in [1.29, 1.82) is 0 Å². The summed E-state index contributed by atoms with van der Waals surface area (Å²) in [5, 5.41) is 3.34. The molecule has 4 rings (SSSR count). The van der Waals surface area contributed by atoms with Crippen LogP contribution >= 0.6 is 0 Å². The van der Waals surface area contributed by atoms with E-state index >= 15 is 0 Å². The summed E-state index contributed by atoms with van der Waals surface area (Å²) in [6, 6.07) is 9.89. The number of amides is 1.